The van der Waals surface area contributed by atoms with Crippen molar-refractivity contribution in [2.75, 3.05) is 0 Å². The average Bonchev–Trinajstić information content (AvgIpc) is 2.39. The topological polar surface area (TPSA) is 101 Å². The Bertz CT molecular complexity index is 634. The summed E-state index contributed by atoms with van der Waals surface area (Å²) >= 11 is 0. The smallest absolute Gasteiger partial charge is 0.282 e. The first-order valence-corrected chi connectivity index (χ1v) is 5.52. The Balaban J connectivity index is 2.46. The summed E-state index contributed by atoms with van der Waals surface area (Å²) in [6.07, 6.45) is 3.00. The van der Waals surface area contributed by atoms with Crippen LogP contribution in [0.25, 0.3) is 11.3 Å². The van der Waals surface area contributed by atoms with Gasteiger partial charge >= 0.3 is 0 Å². The van der Waals surface area contributed by atoms with Crippen LogP contribution in [0.4, 0.5) is 0 Å². The number of phenolic OH excluding ortho intramolecular Hbond substituents is 1. The van der Waals surface area contributed by atoms with Gasteiger partial charge in [0, 0.05) is 11.8 Å². The lowest BCUT2D eigenvalue weighted by Crippen LogP contribution is -2.09. The molecule has 1 amide bonds. The van der Waals surface area contributed by atoms with E-state index in [1.54, 1.807) is 18.3 Å². The number of phenols is 1. The largest absolute Gasteiger partial charge is 0.507 e. The number of nitrogens with two attached hydrogens (primary N) is 1. The Hall–Kier alpha value is -2.76. The van der Waals surface area contributed by atoms with Gasteiger partial charge in [-0.05, 0) is 31.2 Å². The fourth-order valence-electron chi connectivity index (χ4n) is 1.55. The van der Waals surface area contributed by atoms with Gasteiger partial charge < -0.3 is 10.8 Å². The Labute approximate surface area is 109 Å². The van der Waals surface area contributed by atoms with Crippen LogP contribution in [0.1, 0.15) is 17.3 Å². The lowest BCUT2D eigenvalue weighted by Gasteiger charge is -2.04. The van der Waals surface area contributed by atoms with Gasteiger partial charge in [0.25, 0.3) is 5.91 Å². The maximum Gasteiger partial charge on any atom is 0.282 e. The molecule has 6 heteroatoms. The van der Waals surface area contributed by atoms with E-state index >= 15 is 0 Å². The third-order valence-corrected chi connectivity index (χ3v) is 2.38. The van der Waals surface area contributed by atoms with Crippen LogP contribution in [0.5, 0.6) is 5.75 Å². The fraction of sp³-hybridized carbons (Fsp3) is 0.0769. The number of rotatable bonds is 2. The van der Waals surface area contributed by atoms with Crippen LogP contribution in [0, 0.1) is 0 Å². The number of carbonyl (C=O) groups is 1. The van der Waals surface area contributed by atoms with Gasteiger partial charge in [0.1, 0.15) is 17.9 Å². The quantitative estimate of drug-likeness (QED) is 0.624. The molecule has 0 radical (unpaired) electrons. The zero-order valence-electron chi connectivity index (χ0n) is 10.2. The van der Waals surface area contributed by atoms with Crippen molar-refractivity contribution in [2.45, 2.75) is 6.92 Å². The summed E-state index contributed by atoms with van der Waals surface area (Å²) in [5.74, 6) is -0.599. The van der Waals surface area contributed by atoms with Gasteiger partial charge in [-0.1, -0.05) is 0 Å². The highest BCUT2D eigenvalue weighted by Gasteiger charge is 2.12. The first-order valence-electron chi connectivity index (χ1n) is 5.52. The molecule has 1 aromatic carbocycles. The SMILES string of the molecule is CC(N)=NC(=O)c1cc(-c2ccncn2)ccc1O. The number of nitrogens with zero attached hydrogens (tertiary/aromatic N) is 3. The summed E-state index contributed by atoms with van der Waals surface area (Å²) in [5, 5.41) is 9.70. The molecule has 0 aliphatic rings. The van der Waals surface area contributed by atoms with Gasteiger partial charge in [0.2, 0.25) is 0 Å². The molecule has 0 unspecified atom stereocenters. The molecule has 0 bridgehead atoms. The van der Waals surface area contributed by atoms with E-state index in [4.69, 9.17) is 5.73 Å². The van der Waals surface area contributed by atoms with E-state index in [0.29, 0.717) is 11.3 Å². The first kappa shape index (κ1) is 12.7. The van der Waals surface area contributed by atoms with Crippen molar-refractivity contribution in [3.05, 3.63) is 42.4 Å². The second-order valence-electron chi connectivity index (χ2n) is 3.88. The standard InChI is InChI=1S/C13H12N4O2/c1-8(14)17-13(19)10-6-9(2-3-12(10)18)11-4-5-15-7-16-11/h2-7,18H,1H3,(H2,14,17,19). The molecular weight excluding hydrogens is 244 g/mol. The van der Waals surface area contributed by atoms with Crippen molar-refractivity contribution < 1.29 is 9.90 Å². The van der Waals surface area contributed by atoms with Gasteiger partial charge in [0.15, 0.2) is 0 Å². The molecule has 96 valence electrons. The molecule has 0 saturated heterocycles. The monoisotopic (exact) mass is 256 g/mol. The number of carbonyl (C=O) groups excluding carboxylic acids is 1. The van der Waals surface area contributed by atoms with Gasteiger partial charge in [0.05, 0.1) is 11.3 Å². The van der Waals surface area contributed by atoms with E-state index in [2.05, 4.69) is 15.0 Å². The predicted molar refractivity (Wildman–Crippen MR) is 70.8 cm³/mol. The lowest BCUT2D eigenvalue weighted by atomic mass is 10.1. The maximum atomic E-state index is 11.8. The molecule has 0 saturated carbocycles. The lowest BCUT2D eigenvalue weighted by molar-refractivity contribution is 0.100. The van der Waals surface area contributed by atoms with Crippen molar-refractivity contribution in [3.63, 3.8) is 0 Å². The Kier molecular flexibility index (Phi) is 3.51. The van der Waals surface area contributed by atoms with Gasteiger partial charge in [-0.15, -0.1) is 0 Å². The van der Waals surface area contributed by atoms with E-state index in [9.17, 15) is 9.90 Å². The van der Waals surface area contributed by atoms with Gasteiger partial charge in [-0.3, -0.25) is 4.79 Å². The van der Waals surface area contributed by atoms with Crippen molar-refractivity contribution in [3.8, 4) is 17.0 Å². The van der Waals surface area contributed by atoms with Crippen LogP contribution in [0.15, 0.2) is 41.8 Å². The predicted octanol–water partition coefficient (Wildman–Crippen LogP) is 1.37. The Morgan fingerprint density at radius 2 is 2.16 bits per heavy atom. The number of aromatic hydroxyl groups is 1. The molecule has 3 N–H and O–H groups in total. The minimum atomic E-state index is -0.589. The molecule has 6 nitrogen and oxygen atoms in total. The van der Waals surface area contributed by atoms with Crippen LogP contribution in [0.3, 0.4) is 0 Å². The molecular formula is C13H12N4O2. The minimum absolute atomic E-state index is 0.0842. The number of amidine groups is 1. The second kappa shape index (κ2) is 5.26. The van der Waals surface area contributed by atoms with Crippen LogP contribution < -0.4 is 5.73 Å². The number of hydrogen-bond donors (Lipinski definition) is 2. The van der Waals surface area contributed by atoms with Crippen molar-refractivity contribution in [1.29, 1.82) is 0 Å². The van der Waals surface area contributed by atoms with E-state index in [0.717, 1.165) is 0 Å². The van der Waals surface area contributed by atoms with E-state index < -0.39 is 5.91 Å². The third-order valence-electron chi connectivity index (χ3n) is 2.38. The number of hydrogen-bond acceptors (Lipinski definition) is 4. The second-order valence-corrected chi connectivity index (χ2v) is 3.88. The number of aliphatic imine (C=N–C) groups is 1. The van der Waals surface area contributed by atoms with Crippen LogP contribution in [-0.4, -0.2) is 26.8 Å². The zero-order valence-corrected chi connectivity index (χ0v) is 10.2. The first-order chi connectivity index (χ1) is 9.08. The molecule has 0 spiro atoms. The van der Waals surface area contributed by atoms with Gasteiger partial charge in [-0.25, -0.2) is 9.97 Å². The molecule has 1 aromatic heterocycles. The van der Waals surface area contributed by atoms with Gasteiger partial charge in [-0.2, -0.15) is 4.99 Å². The highest BCUT2D eigenvalue weighted by atomic mass is 16.3. The highest BCUT2D eigenvalue weighted by Crippen LogP contribution is 2.25. The van der Waals surface area contributed by atoms with Crippen LogP contribution >= 0.6 is 0 Å². The summed E-state index contributed by atoms with van der Waals surface area (Å²) in [6.45, 7) is 1.50. The zero-order chi connectivity index (χ0) is 13.8. The minimum Gasteiger partial charge on any atom is -0.507 e. The molecule has 0 aliphatic carbocycles. The fourth-order valence-corrected chi connectivity index (χ4v) is 1.55. The van der Waals surface area contributed by atoms with Crippen molar-refractivity contribution in [2.24, 2.45) is 10.7 Å². The van der Waals surface area contributed by atoms with Crippen LogP contribution in [-0.2, 0) is 0 Å². The molecule has 0 aliphatic heterocycles. The normalized spacial score (nSPS) is 11.3. The maximum absolute atomic E-state index is 11.8. The molecule has 1 heterocycles. The molecule has 0 fully saturated rings. The summed E-state index contributed by atoms with van der Waals surface area (Å²) in [4.78, 5) is 23.3. The number of aromatic nitrogens is 2. The summed E-state index contributed by atoms with van der Waals surface area (Å²) in [5.41, 5.74) is 6.78. The summed E-state index contributed by atoms with van der Waals surface area (Å²) in [7, 11) is 0. The van der Waals surface area contributed by atoms with E-state index in [-0.39, 0.29) is 17.1 Å². The molecule has 19 heavy (non-hydrogen) atoms. The Morgan fingerprint density at radius 1 is 1.37 bits per heavy atom. The average molecular weight is 256 g/mol. The third kappa shape index (κ3) is 2.92. The molecule has 0 atom stereocenters. The number of benzene rings is 1. The molecule has 2 rings (SSSR count). The summed E-state index contributed by atoms with van der Waals surface area (Å²) < 4.78 is 0. The highest BCUT2D eigenvalue weighted by molar-refractivity contribution is 6.04. The van der Waals surface area contributed by atoms with Crippen molar-refractivity contribution >= 4 is 11.7 Å². The van der Waals surface area contributed by atoms with E-state index in [1.807, 2.05) is 0 Å². The van der Waals surface area contributed by atoms with Crippen molar-refractivity contribution in [1.82, 2.24) is 9.97 Å². The number of amides is 1. The Morgan fingerprint density at radius 3 is 2.79 bits per heavy atom. The van der Waals surface area contributed by atoms with E-state index in [1.165, 1.54) is 25.4 Å². The summed E-state index contributed by atoms with van der Waals surface area (Å²) in [6, 6.07) is 6.31. The molecule has 2 aromatic rings. The van der Waals surface area contributed by atoms with Crippen LogP contribution in [0.2, 0.25) is 0 Å².